The minimum Gasteiger partial charge on any atom is -0.339 e. The first kappa shape index (κ1) is 17.1. The van der Waals surface area contributed by atoms with E-state index in [1.54, 1.807) is 0 Å². The minimum absolute atomic E-state index is 0.310. The SMILES string of the molecule is O=C(CC1CCCC1)N1CCN(C(=O)CC2CCSCC2)CC1. The fourth-order valence-electron chi connectivity index (χ4n) is 4.12. The summed E-state index contributed by atoms with van der Waals surface area (Å²) in [5.41, 5.74) is 0. The van der Waals surface area contributed by atoms with Crippen LogP contribution in [0.25, 0.3) is 0 Å². The van der Waals surface area contributed by atoms with Crippen molar-refractivity contribution in [3.05, 3.63) is 0 Å². The van der Waals surface area contributed by atoms with Gasteiger partial charge >= 0.3 is 0 Å². The average Bonchev–Trinajstić information content (AvgIpc) is 3.09. The van der Waals surface area contributed by atoms with E-state index >= 15 is 0 Å². The molecule has 130 valence electrons. The third kappa shape index (κ3) is 4.88. The summed E-state index contributed by atoms with van der Waals surface area (Å²) in [6.07, 6.45) is 8.87. The van der Waals surface area contributed by atoms with E-state index in [-0.39, 0.29) is 0 Å². The summed E-state index contributed by atoms with van der Waals surface area (Å²) in [4.78, 5) is 28.8. The average molecular weight is 339 g/mol. The topological polar surface area (TPSA) is 40.6 Å². The number of carbonyl (C=O) groups is 2. The molecule has 0 N–H and O–H groups in total. The highest BCUT2D eigenvalue weighted by Gasteiger charge is 2.28. The van der Waals surface area contributed by atoms with Crippen molar-refractivity contribution in [3.8, 4) is 0 Å². The second-order valence-corrected chi connectivity index (χ2v) is 8.60. The molecule has 3 aliphatic rings. The van der Waals surface area contributed by atoms with Gasteiger partial charge in [-0.2, -0.15) is 11.8 Å². The van der Waals surface area contributed by atoms with Gasteiger partial charge in [0.2, 0.25) is 11.8 Å². The van der Waals surface area contributed by atoms with Crippen LogP contribution in [0.1, 0.15) is 51.4 Å². The van der Waals surface area contributed by atoms with Crippen molar-refractivity contribution < 1.29 is 9.59 Å². The molecule has 23 heavy (non-hydrogen) atoms. The highest BCUT2D eigenvalue weighted by atomic mass is 32.2. The van der Waals surface area contributed by atoms with E-state index in [1.807, 2.05) is 21.6 Å². The molecule has 0 atom stereocenters. The summed E-state index contributed by atoms with van der Waals surface area (Å²) >= 11 is 2.01. The molecule has 0 aromatic heterocycles. The molecule has 5 heteroatoms. The molecule has 0 unspecified atom stereocenters. The van der Waals surface area contributed by atoms with Crippen LogP contribution < -0.4 is 0 Å². The highest BCUT2D eigenvalue weighted by molar-refractivity contribution is 7.99. The number of amides is 2. The predicted molar refractivity (Wildman–Crippen MR) is 94.4 cm³/mol. The van der Waals surface area contributed by atoms with Crippen LogP contribution in [0.5, 0.6) is 0 Å². The molecule has 1 aliphatic carbocycles. The second kappa shape index (κ2) is 8.41. The molecule has 2 saturated heterocycles. The van der Waals surface area contributed by atoms with Gasteiger partial charge in [0.1, 0.15) is 0 Å². The molecular weight excluding hydrogens is 308 g/mol. The van der Waals surface area contributed by atoms with E-state index in [1.165, 1.54) is 50.0 Å². The van der Waals surface area contributed by atoms with Gasteiger partial charge in [-0.3, -0.25) is 9.59 Å². The Labute approximate surface area is 144 Å². The lowest BCUT2D eigenvalue weighted by Gasteiger charge is -2.36. The Kier molecular flexibility index (Phi) is 6.26. The maximum atomic E-state index is 12.4. The van der Waals surface area contributed by atoms with Gasteiger partial charge in [-0.1, -0.05) is 12.8 Å². The van der Waals surface area contributed by atoms with E-state index in [0.29, 0.717) is 23.7 Å². The summed E-state index contributed by atoms with van der Waals surface area (Å²) in [6.45, 7) is 2.93. The Balaban J connectivity index is 1.38. The van der Waals surface area contributed by atoms with Crippen LogP contribution in [0, 0.1) is 11.8 Å². The molecular formula is C18H30N2O2S. The van der Waals surface area contributed by atoms with Gasteiger partial charge in [0, 0.05) is 39.0 Å². The van der Waals surface area contributed by atoms with Gasteiger partial charge in [0.05, 0.1) is 0 Å². The Hall–Kier alpha value is -0.710. The van der Waals surface area contributed by atoms with Gasteiger partial charge in [0.25, 0.3) is 0 Å². The lowest BCUT2D eigenvalue weighted by Crippen LogP contribution is -2.51. The number of piperazine rings is 1. The zero-order chi connectivity index (χ0) is 16.1. The van der Waals surface area contributed by atoms with Gasteiger partial charge in [-0.05, 0) is 49.0 Å². The zero-order valence-electron chi connectivity index (χ0n) is 14.2. The Morgan fingerprint density at radius 3 is 1.65 bits per heavy atom. The molecule has 2 aliphatic heterocycles. The summed E-state index contributed by atoms with van der Waals surface area (Å²) in [7, 11) is 0. The molecule has 0 spiro atoms. The molecule has 0 bridgehead atoms. The molecule has 0 radical (unpaired) electrons. The quantitative estimate of drug-likeness (QED) is 0.791. The van der Waals surface area contributed by atoms with Crippen LogP contribution in [0.15, 0.2) is 0 Å². The van der Waals surface area contributed by atoms with Crippen LogP contribution in [0.3, 0.4) is 0 Å². The third-order valence-electron chi connectivity index (χ3n) is 5.73. The van der Waals surface area contributed by atoms with Gasteiger partial charge in [-0.25, -0.2) is 0 Å². The third-order valence-corrected chi connectivity index (χ3v) is 6.78. The van der Waals surface area contributed by atoms with E-state index in [0.717, 1.165) is 39.0 Å². The molecule has 3 fully saturated rings. The lowest BCUT2D eigenvalue weighted by molar-refractivity contribution is -0.140. The standard InChI is InChI=1S/C18H30N2O2S/c21-17(13-15-3-1-2-4-15)19-7-9-20(10-8-19)18(22)14-16-5-11-23-12-6-16/h15-16H,1-14H2. The fraction of sp³-hybridized carbons (Fsp3) is 0.889. The molecule has 4 nitrogen and oxygen atoms in total. The summed E-state index contributed by atoms with van der Waals surface area (Å²) < 4.78 is 0. The molecule has 2 amide bonds. The van der Waals surface area contributed by atoms with Crippen molar-refractivity contribution in [2.24, 2.45) is 11.8 Å². The number of nitrogens with zero attached hydrogens (tertiary/aromatic N) is 2. The van der Waals surface area contributed by atoms with Crippen molar-refractivity contribution >= 4 is 23.6 Å². The largest absolute Gasteiger partial charge is 0.339 e. The van der Waals surface area contributed by atoms with Crippen LogP contribution in [0.4, 0.5) is 0 Å². The fourth-order valence-corrected chi connectivity index (χ4v) is 5.33. The van der Waals surface area contributed by atoms with Crippen LogP contribution in [-0.4, -0.2) is 59.3 Å². The number of thioether (sulfide) groups is 1. The molecule has 0 aromatic rings. The highest BCUT2D eigenvalue weighted by Crippen LogP contribution is 2.28. The Morgan fingerprint density at radius 1 is 0.739 bits per heavy atom. The maximum absolute atomic E-state index is 12.4. The predicted octanol–water partition coefficient (Wildman–Crippen LogP) is 2.77. The van der Waals surface area contributed by atoms with Crippen LogP contribution in [-0.2, 0) is 9.59 Å². The summed E-state index contributed by atoms with van der Waals surface area (Å²) in [5.74, 6) is 4.25. The summed E-state index contributed by atoms with van der Waals surface area (Å²) in [6, 6.07) is 0. The number of rotatable bonds is 4. The number of hydrogen-bond donors (Lipinski definition) is 0. The van der Waals surface area contributed by atoms with Gasteiger partial charge in [-0.15, -0.1) is 0 Å². The van der Waals surface area contributed by atoms with Crippen molar-refractivity contribution in [1.82, 2.24) is 9.80 Å². The molecule has 3 rings (SSSR count). The normalized spacial score (nSPS) is 24.2. The van der Waals surface area contributed by atoms with E-state index in [9.17, 15) is 9.59 Å². The summed E-state index contributed by atoms with van der Waals surface area (Å²) in [5, 5.41) is 0. The van der Waals surface area contributed by atoms with Gasteiger partial charge in [0.15, 0.2) is 0 Å². The van der Waals surface area contributed by atoms with Crippen molar-refractivity contribution in [2.75, 3.05) is 37.7 Å². The molecule has 1 saturated carbocycles. The van der Waals surface area contributed by atoms with E-state index in [2.05, 4.69) is 0 Å². The first-order valence-electron chi connectivity index (χ1n) is 9.35. The minimum atomic E-state index is 0.310. The van der Waals surface area contributed by atoms with Gasteiger partial charge < -0.3 is 9.80 Å². The van der Waals surface area contributed by atoms with Crippen molar-refractivity contribution in [2.45, 2.75) is 51.4 Å². The molecule has 2 heterocycles. The van der Waals surface area contributed by atoms with E-state index in [4.69, 9.17) is 0 Å². The first-order valence-corrected chi connectivity index (χ1v) is 10.5. The van der Waals surface area contributed by atoms with Crippen molar-refractivity contribution in [1.29, 1.82) is 0 Å². The van der Waals surface area contributed by atoms with E-state index < -0.39 is 0 Å². The maximum Gasteiger partial charge on any atom is 0.222 e. The zero-order valence-corrected chi connectivity index (χ0v) is 15.0. The van der Waals surface area contributed by atoms with Crippen LogP contribution >= 0.6 is 11.8 Å². The number of carbonyl (C=O) groups excluding carboxylic acids is 2. The molecule has 0 aromatic carbocycles. The lowest BCUT2D eigenvalue weighted by atomic mass is 9.98. The Morgan fingerprint density at radius 2 is 1.17 bits per heavy atom. The monoisotopic (exact) mass is 338 g/mol. The Bertz CT molecular complexity index is 409. The van der Waals surface area contributed by atoms with Crippen molar-refractivity contribution in [3.63, 3.8) is 0 Å². The van der Waals surface area contributed by atoms with Crippen LogP contribution in [0.2, 0.25) is 0 Å². The number of hydrogen-bond acceptors (Lipinski definition) is 3. The smallest absolute Gasteiger partial charge is 0.222 e. The first-order chi connectivity index (χ1) is 11.2. The second-order valence-electron chi connectivity index (χ2n) is 7.38.